The van der Waals surface area contributed by atoms with Crippen molar-refractivity contribution < 1.29 is 13.9 Å². The Morgan fingerprint density at radius 3 is 2.76 bits per heavy atom. The van der Waals surface area contributed by atoms with E-state index >= 15 is 0 Å². The molecule has 1 aliphatic carbocycles. The van der Waals surface area contributed by atoms with Gasteiger partial charge < -0.3 is 15.4 Å². The zero-order valence-corrected chi connectivity index (χ0v) is 15.1. The summed E-state index contributed by atoms with van der Waals surface area (Å²) in [5.74, 6) is 0.306. The van der Waals surface area contributed by atoms with Gasteiger partial charge in [-0.1, -0.05) is 12.1 Å². The van der Waals surface area contributed by atoms with Crippen molar-refractivity contribution in [1.29, 1.82) is 0 Å². The number of nitrogens with zero attached hydrogens (tertiary/aromatic N) is 1. The van der Waals surface area contributed by atoms with Gasteiger partial charge in [-0.15, -0.1) is 0 Å². The monoisotopic (exact) mass is 349 g/mol. The fourth-order valence-corrected chi connectivity index (χ4v) is 2.84. The first-order valence-electron chi connectivity index (χ1n) is 8.97. The predicted octanol–water partition coefficient (Wildman–Crippen LogP) is 3.07. The molecular formula is C19H28FN3O2. The topological polar surface area (TPSA) is 62.7 Å². The van der Waals surface area contributed by atoms with Gasteiger partial charge in [0.15, 0.2) is 5.96 Å². The van der Waals surface area contributed by atoms with E-state index in [0.717, 1.165) is 31.2 Å². The number of halogens is 1. The summed E-state index contributed by atoms with van der Waals surface area (Å²) >= 11 is 0. The number of hydrogen-bond donors (Lipinski definition) is 2. The first-order chi connectivity index (χ1) is 12.1. The first kappa shape index (κ1) is 19.2. The molecule has 0 bridgehead atoms. The summed E-state index contributed by atoms with van der Waals surface area (Å²) in [5.41, 5.74) is 1.49. The number of carbonyl (C=O) groups is 1. The third-order valence-electron chi connectivity index (χ3n) is 4.37. The van der Waals surface area contributed by atoms with Crippen LogP contribution in [0.2, 0.25) is 0 Å². The van der Waals surface area contributed by atoms with Crippen LogP contribution in [0, 0.1) is 12.7 Å². The average Bonchev–Trinajstić information content (AvgIpc) is 3.10. The molecule has 0 radical (unpaired) electrons. The largest absolute Gasteiger partial charge is 0.462 e. The maximum atomic E-state index is 13.5. The van der Waals surface area contributed by atoms with Crippen LogP contribution in [0.25, 0.3) is 0 Å². The van der Waals surface area contributed by atoms with E-state index < -0.39 is 0 Å². The molecule has 25 heavy (non-hydrogen) atoms. The zero-order chi connectivity index (χ0) is 18.1. The lowest BCUT2D eigenvalue weighted by molar-refractivity contribution is -0.148. The minimum Gasteiger partial charge on any atom is -0.462 e. The Morgan fingerprint density at radius 1 is 1.32 bits per heavy atom. The Balaban J connectivity index is 1.62. The molecule has 0 aliphatic heterocycles. The van der Waals surface area contributed by atoms with Gasteiger partial charge in [-0.25, -0.2) is 4.39 Å². The smallest absolute Gasteiger partial charge is 0.306 e. The van der Waals surface area contributed by atoms with Crippen molar-refractivity contribution in [3.8, 4) is 0 Å². The van der Waals surface area contributed by atoms with Crippen LogP contribution in [0.15, 0.2) is 23.2 Å². The maximum Gasteiger partial charge on any atom is 0.306 e. The zero-order valence-electron chi connectivity index (χ0n) is 15.1. The van der Waals surface area contributed by atoms with Gasteiger partial charge in [0.1, 0.15) is 11.9 Å². The molecule has 5 nitrogen and oxygen atoms in total. The molecule has 1 aromatic carbocycles. The summed E-state index contributed by atoms with van der Waals surface area (Å²) in [6, 6.07) is 5.17. The van der Waals surface area contributed by atoms with Crippen molar-refractivity contribution in [1.82, 2.24) is 10.6 Å². The third-order valence-corrected chi connectivity index (χ3v) is 4.37. The Bertz CT molecular complexity index is 598. The molecule has 2 N–H and O–H groups in total. The van der Waals surface area contributed by atoms with Crippen molar-refractivity contribution in [2.24, 2.45) is 4.99 Å². The second-order valence-corrected chi connectivity index (χ2v) is 6.44. The summed E-state index contributed by atoms with van der Waals surface area (Å²) in [6.07, 6.45) is 5.54. The lowest BCUT2D eigenvalue weighted by Crippen LogP contribution is -2.37. The van der Waals surface area contributed by atoms with Crippen molar-refractivity contribution >= 4 is 11.9 Å². The fourth-order valence-electron chi connectivity index (χ4n) is 2.84. The Labute approximate surface area is 149 Å². The van der Waals surface area contributed by atoms with E-state index in [4.69, 9.17) is 4.74 Å². The SMILES string of the molecule is CN=C(NCCCC(=O)OC1CCCC1)NCc1ccc(C)c(F)c1. The molecule has 1 fully saturated rings. The normalized spacial score (nSPS) is 15.2. The molecule has 0 spiro atoms. The number of benzene rings is 1. The molecule has 1 aliphatic rings. The molecule has 0 atom stereocenters. The fraction of sp³-hybridized carbons (Fsp3) is 0.579. The second kappa shape index (κ2) is 10.0. The highest BCUT2D eigenvalue weighted by Crippen LogP contribution is 2.21. The van der Waals surface area contributed by atoms with E-state index in [0.29, 0.717) is 37.5 Å². The number of hydrogen-bond acceptors (Lipinski definition) is 3. The van der Waals surface area contributed by atoms with E-state index in [1.165, 1.54) is 6.07 Å². The lowest BCUT2D eigenvalue weighted by atomic mass is 10.1. The van der Waals surface area contributed by atoms with Crippen LogP contribution in [-0.2, 0) is 16.1 Å². The number of aliphatic imine (C=N–C) groups is 1. The summed E-state index contributed by atoms with van der Waals surface area (Å²) in [7, 11) is 1.68. The molecule has 0 heterocycles. The molecule has 6 heteroatoms. The van der Waals surface area contributed by atoms with Gasteiger partial charge in [0.2, 0.25) is 0 Å². The first-order valence-corrected chi connectivity index (χ1v) is 8.97. The van der Waals surface area contributed by atoms with Crippen LogP contribution in [0.5, 0.6) is 0 Å². The van der Waals surface area contributed by atoms with Crippen LogP contribution >= 0.6 is 0 Å². The van der Waals surface area contributed by atoms with Gasteiger partial charge in [0.25, 0.3) is 0 Å². The van der Waals surface area contributed by atoms with Crippen LogP contribution in [0.3, 0.4) is 0 Å². The maximum absolute atomic E-state index is 13.5. The highest BCUT2D eigenvalue weighted by molar-refractivity contribution is 5.79. The van der Waals surface area contributed by atoms with Crippen LogP contribution in [-0.4, -0.2) is 31.6 Å². The van der Waals surface area contributed by atoms with Crippen molar-refractivity contribution in [2.75, 3.05) is 13.6 Å². The van der Waals surface area contributed by atoms with E-state index in [1.54, 1.807) is 20.0 Å². The van der Waals surface area contributed by atoms with E-state index in [9.17, 15) is 9.18 Å². The molecule has 138 valence electrons. The van der Waals surface area contributed by atoms with Gasteiger partial charge >= 0.3 is 5.97 Å². The van der Waals surface area contributed by atoms with Gasteiger partial charge in [0, 0.05) is 26.6 Å². The highest BCUT2D eigenvalue weighted by Gasteiger charge is 2.18. The molecule has 0 amide bonds. The summed E-state index contributed by atoms with van der Waals surface area (Å²) in [6.45, 7) is 2.85. The number of nitrogens with one attached hydrogen (secondary N) is 2. The summed E-state index contributed by atoms with van der Waals surface area (Å²) in [4.78, 5) is 15.9. The third kappa shape index (κ3) is 6.72. The Hall–Kier alpha value is -2.11. The number of ether oxygens (including phenoxy) is 1. The molecular weight excluding hydrogens is 321 g/mol. The van der Waals surface area contributed by atoms with Gasteiger partial charge in [-0.2, -0.15) is 0 Å². The number of carbonyl (C=O) groups excluding carboxylic acids is 1. The van der Waals surface area contributed by atoms with Gasteiger partial charge in [-0.05, 0) is 56.2 Å². The molecule has 1 aromatic rings. The number of aryl methyl sites for hydroxylation is 1. The lowest BCUT2D eigenvalue weighted by Gasteiger charge is -2.13. The predicted molar refractivity (Wildman–Crippen MR) is 96.9 cm³/mol. The number of esters is 1. The van der Waals surface area contributed by atoms with Gasteiger partial charge in [-0.3, -0.25) is 9.79 Å². The summed E-state index contributed by atoms with van der Waals surface area (Å²) in [5, 5.41) is 6.29. The van der Waals surface area contributed by atoms with Crippen LogP contribution < -0.4 is 10.6 Å². The van der Waals surface area contributed by atoms with Crippen molar-refractivity contribution in [2.45, 2.75) is 58.1 Å². The van der Waals surface area contributed by atoms with E-state index in [1.807, 2.05) is 6.07 Å². The quantitative estimate of drug-likeness (QED) is 0.344. The Morgan fingerprint density at radius 2 is 2.08 bits per heavy atom. The number of guanidine groups is 1. The van der Waals surface area contributed by atoms with E-state index in [2.05, 4.69) is 15.6 Å². The highest BCUT2D eigenvalue weighted by atomic mass is 19.1. The molecule has 1 saturated carbocycles. The molecule has 0 aromatic heterocycles. The molecule has 0 unspecified atom stereocenters. The summed E-state index contributed by atoms with van der Waals surface area (Å²) < 4.78 is 19.0. The minimum absolute atomic E-state index is 0.119. The minimum atomic E-state index is -0.206. The Kier molecular flexibility index (Phi) is 7.70. The van der Waals surface area contributed by atoms with Crippen LogP contribution in [0.1, 0.15) is 49.7 Å². The van der Waals surface area contributed by atoms with E-state index in [-0.39, 0.29) is 17.9 Å². The second-order valence-electron chi connectivity index (χ2n) is 6.44. The van der Waals surface area contributed by atoms with Crippen molar-refractivity contribution in [3.05, 3.63) is 35.1 Å². The van der Waals surface area contributed by atoms with Crippen molar-refractivity contribution in [3.63, 3.8) is 0 Å². The molecule has 0 saturated heterocycles. The standard InChI is InChI=1S/C19H28FN3O2/c1-14-9-10-15(12-17(14)20)13-23-19(21-2)22-11-5-8-18(24)25-16-6-3-4-7-16/h9-10,12,16H,3-8,11,13H2,1-2H3,(H2,21,22,23). The average molecular weight is 349 g/mol. The number of rotatable bonds is 7. The van der Waals surface area contributed by atoms with Crippen LogP contribution in [0.4, 0.5) is 4.39 Å². The molecule has 2 rings (SSSR count). The van der Waals surface area contributed by atoms with Gasteiger partial charge in [0.05, 0.1) is 0 Å².